The number of nitrogens with zero attached hydrogens (tertiary/aromatic N) is 3. The van der Waals surface area contributed by atoms with Crippen LogP contribution in [-0.4, -0.2) is 45.8 Å². The molecule has 1 aromatic carbocycles. The summed E-state index contributed by atoms with van der Waals surface area (Å²) in [5.74, 6) is -0.489. The highest BCUT2D eigenvalue weighted by molar-refractivity contribution is 6.04. The number of rotatable bonds is 8. The Bertz CT molecular complexity index is 1450. The predicted molar refractivity (Wildman–Crippen MR) is 135 cm³/mol. The van der Waals surface area contributed by atoms with Gasteiger partial charge in [0.25, 0.3) is 11.9 Å². The fourth-order valence-electron chi connectivity index (χ4n) is 3.83. The molecule has 2 N–H and O–H groups in total. The van der Waals surface area contributed by atoms with Gasteiger partial charge in [0.1, 0.15) is 5.54 Å². The molecule has 0 saturated carbocycles. The summed E-state index contributed by atoms with van der Waals surface area (Å²) in [6.07, 6.45) is 3.73. The van der Waals surface area contributed by atoms with Gasteiger partial charge in [0, 0.05) is 37.6 Å². The van der Waals surface area contributed by atoms with Gasteiger partial charge in [-0.2, -0.15) is 4.98 Å². The van der Waals surface area contributed by atoms with Crippen molar-refractivity contribution in [2.24, 2.45) is 0 Å². The number of hydrogen-bond donors (Lipinski definition) is 2. The molecule has 3 aromatic heterocycles. The Balaban J connectivity index is 1.50. The van der Waals surface area contributed by atoms with Gasteiger partial charge in [-0.3, -0.25) is 14.6 Å². The van der Waals surface area contributed by atoms with Gasteiger partial charge >= 0.3 is 5.63 Å². The molecule has 0 radical (unpaired) electrons. The van der Waals surface area contributed by atoms with Crippen LogP contribution in [0.15, 0.2) is 68.6 Å². The number of fused-ring (bicyclic) bond motifs is 1. The summed E-state index contributed by atoms with van der Waals surface area (Å²) in [6.45, 7) is 5.55. The fraction of sp³-hybridized carbons (Fsp3) is 0.269. The number of pyridine rings is 1. The third kappa shape index (κ3) is 5.27. The van der Waals surface area contributed by atoms with Crippen LogP contribution in [0.3, 0.4) is 0 Å². The van der Waals surface area contributed by atoms with Crippen LogP contribution in [0.1, 0.15) is 35.7 Å². The van der Waals surface area contributed by atoms with E-state index in [9.17, 15) is 14.4 Å². The summed E-state index contributed by atoms with van der Waals surface area (Å²) in [6, 6.07) is 12.0. The minimum atomic E-state index is -1.10. The van der Waals surface area contributed by atoms with E-state index >= 15 is 0 Å². The van der Waals surface area contributed by atoms with Gasteiger partial charge < -0.3 is 24.4 Å². The lowest BCUT2D eigenvalue weighted by molar-refractivity contribution is -0.133. The van der Waals surface area contributed by atoms with Crippen molar-refractivity contribution in [2.75, 3.05) is 24.2 Å². The average molecular weight is 490 g/mol. The Kier molecular flexibility index (Phi) is 6.86. The zero-order valence-electron chi connectivity index (χ0n) is 20.5. The fourth-order valence-corrected chi connectivity index (χ4v) is 3.83. The molecule has 36 heavy (non-hydrogen) atoms. The monoisotopic (exact) mass is 489 g/mol. The molecule has 2 amide bonds. The number of carbonyl (C=O) groups excluding carboxylic acids is 2. The highest BCUT2D eigenvalue weighted by Gasteiger charge is 2.32. The zero-order chi connectivity index (χ0) is 25.9. The quantitative estimate of drug-likeness (QED) is 0.384. The minimum Gasteiger partial charge on any atom is -0.459 e. The van der Waals surface area contributed by atoms with Crippen molar-refractivity contribution in [1.29, 1.82) is 0 Å². The van der Waals surface area contributed by atoms with Crippen molar-refractivity contribution in [1.82, 2.24) is 14.9 Å². The molecule has 10 nitrogen and oxygen atoms in total. The molecule has 0 unspecified atom stereocenters. The average Bonchev–Trinajstić information content (AvgIpc) is 3.39. The van der Waals surface area contributed by atoms with E-state index in [1.807, 2.05) is 18.2 Å². The van der Waals surface area contributed by atoms with Gasteiger partial charge in [0.05, 0.1) is 17.2 Å². The van der Waals surface area contributed by atoms with Crippen LogP contribution in [-0.2, 0) is 11.2 Å². The maximum absolute atomic E-state index is 13.1. The summed E-state index contributed by atoms with van der Waals surface area (Å²) in [5, 5.41) is 5.90. The van der Waals surface area contributed by atoms with Crippen molar-refractivity contribution in [3.8, 4) is 0 Å². The third-order valence-electron chi connectivity index (χ3n) is 5.78. The van der Waals surface area contributed by atoms with E-state index in [1.54, 1.807) is 63.2 Å². The van der Waals surface area contributed by atoms with E-state index in [1.165, 1.54) is 6.26 Å². The van der Waals surface area contributed by atoms with Crippen molar-refractivity contribution < 1.29 is 18.4 Å². The first-order valence-electron chi connectivity index (χ1n) is 11.4. The van der Waals surface area contributed by atoms with Gasteiger partial charge in [-0.05, 0) is 62.7 Å². The number of likely N-dealkylation sites (N-methyl/N-ethyl adjacent to an activating group) is 1. The number of anilines is 2. The summed E-state index contributed by atoms with van der Waals surface area (Å²) < 4.78 is 10.5. The lowest BCUT2D eigenvalue weighted by Gasteiger charge is -2.30. The Morgan fingerprint density at radius 1 is 1.11 bits per heavy atom. The van der Waals surface area contributed by atoms with Crippen LogP contribution in [0.4, 0.5) is 11.7 Å². The molecule has 0 aliphatic carbocycles. The molecule has 0 aliphatic heterocycles. The number of benzene rings is 1. The van der Waals surface area contributed by atoms with Crippen molar-refractivity contribution >= 4 is 34.4 Å². The number of nitrogens with one attached hydrogen (secondary N) is 2. The molecule has 10 heteroatoms. The van der Waals surface area contributed by atoms with Crippen LogP contribution in [0.2, 0.25) is 0 Å². The molecule has 186 valence electrons. The van der Waals surface area contributed by atoms with E-state index in [0.29, 0.717) is 29.7 Å². The largest absolute Gasteiger partial charge is 0.459 e. The minimum absolute atomic E-state index is 0.0734. The second-order valence-corrected chi connectivity index (χ2v) is 8.92. The van der Waals surface area contributed by atoms with E-state index in [4.69, 9.17) is 8.83 Å². The molecule has 0 bridgehead atoms. The van der Waals surface area contributed by atoms with E-state index < -0.39 is 17.1 Å². The smallest absolute Gasteiger partial charge is 0.348 e. The number of furan rings is 1. The molecule has 3 heterocycles. The second kappa shape index (κ2) is 10.0. The number of aryl methyl sites for hydroxylation is 1. The number of carbonyl (C=O) groups is 2. The highest BCUT2D eigenvalue weighted by atomic mass is 16.4. The normalized spacial score (nSPS) is 11.3. The van der Waals surface area contributed by atoms with Gasteiger partial charge in [0.15, 0.2) is 5.76 Å². The van der Waals surface area contributed by atoms with Crippen LogP contribution >= 0.6 is 0 Å². The van der Waals surface area contributed by atoms with Crippen LogP contribution in [0, 0.1) is 6.92 Å². The molecule has 0 atom stereocenters. The third-order valence-corrected chi connectivity index (χ3v) is 5.78. The topological polar surface area (TPSA) is 131 Å². The maximum Gasteiger partial charge on any atom is 0.348 e. The Labute approximate surface area is 207 Å². The number of amides is 2. The van der Waals surface area contributed by atoms with E-state index in [0.717, 1.165) is 5.69 Å². The molecule has 0 spiro atoms. The standard InChI is InChI=1S/C26H27N5O5/c1-16-18(28-22(32)20-9-7-15-35-20)10-11-19-21(16)23(33)36-25(29-19)30-26(2,3)24(34)31(4)14-12-17-8-5-6-13-27-17/h5-11,13,15H,12,14H2,1-4H3,(H,28,32)(H,29,30). The van der Waals surface area contributed by atoms with Crippen molar-refractivity contribution in [3.05, 3.63) is 82.4 Å². The Hall–Kier alpha value is -4.47. The summed E-state index contributed by atoms with van der Waals surface area (Å²) in [4.78, 5) is 48.5. The van der Waals surface area contributed by atoms with Crippen LogP contribution in [0.25, 0.3) is 10.9 Å². The number of hydrogen-bond acceptors (Lipinski definition) is 8. The lowest BCUT2D eigenvalue weighted by atomic mass is 10.0. The summed E-state index contributed by atoms with van der Waals surface area (Å²) in [7, 11) is 1.71. The van der Waals surface area contributed by atoms with Gasteiger partial charge in [-0.25, -0.2) is 4.79 Å². The molecule has 4 rings (SSSR count). The first-order chi connectivity index (χ1) is 17.2. The summed E-state index contributed by atoms with van der Waals surface area (Å²) >= 11 is 0. The van der Waals surface area contributed by atoms with E-state index in [-0.39, 0.29) is 23.1 Å². The first kappa shape index (κ1) is 24.6. The lowest BCUT2D eigenvalue weighted by Crippen LogP contribution is -2.49. The van der Waals surface area contributed by atoms with Gasteiger partial charge in [0.2, 0.25) is 5.91 Å². The second-order valence-electron chi connectivity index (χ2n) is 8.92. The molecular formula is C26H27N5O5. The molecule has 0 aliphatic rings. The van der Waals surface area contributed by atoms with E-state index in [2.05, 4.69) is 20.6 Å². The SMILES string of the molecule is Cc1c(NC(=O)c2ccco2)ccc2nc(NC(C)(C)C(=O)N(C)CCc3ccccn3)oc(=O)c12. The molecule has 4 aromatic rings. The summed E-state index contributed by atoms with van der Waals surface area (Å²) in [5.41, 5.74) is 0.463. The number of aromatic nitrogens is 2. The van der Waals surface area contributed by atoms with Crippen LogP contribution < -0.4 is 16.3 Å². The van der Waals surface area contributed by atoms with Crippen molar-refractivity contribution in [2.45, 2.75) is 32.7 Å². The molecule has 0 saturated heterocycles. The van der Waals surface area contributed by atoms with Gasteiger partial charge in [-0.1, -0.05) is 6.07 Å². The Morgan fingerprint density at radius 2 is 1.92 bits per heavy atom. The van der Waals surface area contributed by atoms with Crippen molar-refractivity contribution in [3.63, 3.8) is 0 Å². The van der Waals surface area contributed by atoms with Crippen LogP contribution in [0.5, 0.6) is 0 Å². The Morgan fingerprint density at radius 3 is 2.61 bits per heavy atom. The first-order valence-corrected chi connectivity index (χ1v) is 11.4. The maximum atomic E-state index is 13.1. The highest BCUT2D eigenvalue weighted by Crippen LogP contribution is 2.25. The predicted octanol–water partition coefficient (Wildman–Crippen LogP) is 3.63. The molecule has 0 fully saturated rings. The van der Waals surface area contributed by atoms with Gasteiger partial charge in [-0.15, -0.1) is 0 Å². The zero-order valence-corrected chi connectivity index (χ0v) is 20.5. The molecular weight excluding hydrogens is 462 g/mol.